The van der Waals surface area contributed by atoms with Gasteiger partial charge in [0.05, 0.1) is 0 Å². The molecule has 2 N–H and O–H groups in total. The Labute approximate surface area is 95.5 Å². The standard InChI is InChI=1S/C12H17ClO2/c1-3-9-12(13,15)11(2,14)10-7-5-4-6-8-10/h4-8,14-15H,3,9H2,1-2H3. The molecule has 1 aromatic rings. The summed E-state index contributed by atoms with van der Waals surface area (Å²) in [5.41, 5.74) is -0.817. The smallest absolute Gasteiger partial charge is 0.171 e. The summed E-state index contributed by atoms with van der Waals surface area (Å²) in [5, 5.41) is 18.7. The molecule has 0 aliphatic rings. The third-order valence-corrected chi connectivity index (χ3v) is 3.22. The van der Waals surface area contributed by atoms with Gasteiger partial charge in [0.2, 0.25) is 0 Å². The predicted octanol–water partition coefficient (Wildman–Crippen LogP) is 2.62. The first kappa shape index (κ1) is 12.5. The first-order chi connectivity index (χ1) is 6.92. The van der Waals surface area contributed by atoms with Crippen molar-refractivity contribution in [3.8, 4) is 0 Å². The van der Waals surface area contributed by atoms with Crippen LogP contribution in [0.3, 0.4) is 0 Å². The van der Waals surface area contributed by atoms with Crippen LogP contribution in [-0.4, -0.2) is 15.3 Å². The highest BCUT2D eigenvalue weighted by atomic mass is 35.5. The summed E-state index contributed by atoms with van der Waals surface area (Å²) in [4.78, 5) is 0. The number of hydrogen-bond acceptors (Lipinski definition) is 2. The van der Waals surface area contributed by atoms with Gasteiger partial charge in [-0.15, -0.1) is 0 Å². The van der Waals surface area contributed by atoms with E-state index in [1.54, 1.807) is 12.1 Å². The maximum absolute atomic E-state index is 10.3. The summed E-state index contributed by atoms with van der Waals surface area (Å²) in [6, 6.07) is 8.98. The van der Waals surface area contributed by atoms with Crippen molar-refractivity contribution in [1.29, 1.82) is 0 Å². The molecule has 15 heavy (non-hydrogen) atoms. The van der Waals surface area contributed by atoms with Crippen LogP contribution in [0.4, 0.5) is 0 Å². The number of hydrogen-bond donors (Lipinski definition) is 2. The molecular weight excluding hydrogens is 212 g/mol. The van der Waals surface area contributed by atoms with Gasteiger partial charge >= 0.3 is 0 Å². The lowest BCUT2D eigenvalue weighted by molar-refractivity contribution is -0.0990. The van der Waals surface area contributed by atoms with Crippen LogP contribution in [0, 0.1) is 0 Å². The third kappa shape index (κ3) is 2.51. The highest BCUT2D eigenvalue weighted by Gasteiger charge is 2.44. The van der Waals surface area contributed by atoms with Crippen LogP contribution in [-0.2, 0) is 5.60 Å². The monoisotopic (exact) mass is 228 g/mol. The minimum Gasteiger partial charge on any atom is -0.381 e. The Bertz CT molecular complexity index is 307. The molecule has 0 radical (unpaired) electrons. The van der Waals surface area contributed by atoms with Crippen LogP contribution < -0.4 is 0 Å². The van der Waals surface area contributed by atoms with E-state index >= 15 is 0 Å². The molecule has 0 saturated heterocycles. The fraction of sp³-hybridized carbons (Fsp3) is 0.500. The van der Waals surface area contributed by atoms with Gasteiger partial charge in [-0.05, 0) is 18.9 Å². The van der Waals surface area contributed by atoms with Gasteiger partial charge in [0.25, 0.3) is 0 Å². The SMILES string of the molecule is CCCC(O)(Cl)C(C)(O)c1ccccc1. The van der Waals surface area contributed by atoms with E-state index in [4.69, 9.17) is 11.6 Å². The largest absolute Gasteiger partial charge is 0.381 e. The summed E-state index contributed by atoms with van der Waals surface area (Å²) in [6.07, 6.45) is 1.05. The van der Waals surface area contributed by atoms with Crippen molar-refractivity contribution in [3.63, 3.8) is 0 Å². The van der Waals surface area contributed by atoms with Gasteiger partial charge in [-0.25, -0.2) is 0 Å². The second kappa shape index (κ2) is 4.52. The Morgan fingerprint density at radius 1 is 1.20 bits per heavy atom. The molecule has 2 unspecified atom stereocenters. The van der Waals surface area contributed by atoms with Crippen molar-refractivity contribution in [2.45, 2.75) is 37.4 Å². The van der Waals surface area contributed by atoms with E-state index in [1.165, 1.54) is 6.92 Å². The molecule has 0 aliphatic heterocycles. The first-order valence-electron chi connectivity index (χ1n) is 5.11. The fourth-order valence-electron chi connectivity index (χ4n) is 1.56. The molecule has 3 heteroatoms. The van der Waals surface area contributed by atoms with Crippen LogP contribution in [0.25, 0.3) is 0 Å². The number of benzene rings is 1. The van der Waals surface area contributed by atoms with Crippen LogP contribution in [0.2, 0.25) is 0 Å². The van der Waals surface area contributed by atoms with Crippen molar-refractivity contribution in [2.75, 3.05) is 0 Å². The van der Waals surface area contributed by atoms with E-state index in [9.17, 15) is 10.2 Å². The molecular formula is C12H17ClO2. The number of rotatable bonds is 4. The summed E-state index contributed by atoms with van der Waals surface area (Å²) < 4.78 is 0. The molecule has 84 valence electrons. The number of alkyl halides is 1. The van der Waals surface area contributed by atoms with Gasteiger partial charge in [0.15, 0.2) is 5.06 Å². The summed E-state index contributed by atoms with van der Waals surface area (Å²) in [7, 11) is 0. The molecule has 0 bridgehead atoms. The van der Waals surface area contributed by atoms with Crippen molar-refractivity contribution in [2.24, 2.45) is 0 Å². The number of aliphatic hydroxyl groups is 2. The second-order valence-electron chi connectivity index (χ2n) is 3.95. The zero-order valence-corrected chi connectivity index (χ0v) is 9.83. The number of halogens is 1. The molecule has 1 aromatic carbocycles. The zero-order chi connectivity index (χ0) is 11.5. The van der Waals surface area contributed by atoms with Gasteiger partial charge < -0.3 is 10.2 Å². The predicted molar refractivity (Wildman–Crippen MR) is 61.7 cm³/mol. The lowest BCUT2D eigenvalue weighted by atomic mass is 9.87. The molecule has 0 heterocycles. The Hall–Kier alpha value is -0.570. The van der Waals surface area contributed by atoms with Crippen LogP contribution >= 0.6 is 11.6 Å². The summed E-state index contributed by atoms with van der Waals surface area (Å²) in [6.45, 7) is 3.44. The third-order valence-electron chi connectivity index (χ3n) is 2.66. The van der Waals surface area contributed by atoms with E-state index in [1.807, 2.05) is 25.1 Å². The van der Waals surface area contributed by atoms with Crippen molar-refractivity contribution >= 4 is 11.6 Å². The molecule has 2 nitrogen and oxygen atoms in total. The second-order valence-corrected chi connectivity index (χ2v) is 4.57. The van der Waals surface area contributed by atoms with E-state index in [2.05, 4.69) is 0 Å². The normalized spacial score (nSPS) is 19.3. The topological polar surface area (TPSA) is 40.5 Å². The van der Waals surface area contributed by atoms with Crippen LogP contribution in [0.15, 0.2) is 30.3 Å². The van der Waals surface area contributed by atoms with E-state index in [0.29, 0.717) is 18.4 Å². The van der Waals surface area contributed by atoms with Crippen LogP contribution in [0.5, 0.6) is 0 Å². The Kier molecular flexibility index (Phi) is 3.77. The Morgan fingerprint density at radius 2 is 1.73 bits per heavy atom. The Morgan fingerprint density at radius 3 is 2.20 bits per heavy atom. The van der Waals surface area contributed by atoms with Crippen molar-refractivity contribution in [1.82, 2.24) is 0 Å². The average Bonchev–Trinajstić information content (AvgIpc) is 2.19. The molecule has 0 amide bonds. The van der Waals surface area contributed by atoms with Gasteiger partial charge in [0, 0.05) is 0 Å². The fourth-order valence-corrected chi connectivity index (χ4v) is 1.86. The first-order valence-corrected chi connectivity index (χ1v) is 5.49. The molecule has 2 atom stereocenters. The van der Waals surface area contributed by atoms with E-state index in [0.717, 1.165) is 0 Å². The van der Waals surface area contributed by atoms with Crippen LogP contribution in [0.1, 0.15) is 32.3 Å². The lowest BCUT2D eigenvalue weighted by Gasteiger charge is -2.36. The molecule has 0 fully saturated rings. The summed E-state index contributed by atoms with van der Waals surface area (Å²) in [5.74, 6) is 0. The molecule has 0 aliphatic carbocycles. The Balaban J connectivity index is 3.01. The quantitative estimate of drug-likeness (QED) is 0.778. The molecule has 1 rings (SSSR count). The van der Waals surface area contributed by atoms with E-state index < -0.39 is 10.7 Å². The maximum atomic E-state index is 10.3. The minimum atomic E-state index is -1.62. The lowest BCUT2D eigenvalue weighted by Crippen LogP contribution is -2.45. The van der Waals surface area contributed by atoms with Gasteiger partial charge in [-0.2, -0.15) is 0 Å². The molecule has 0 saturated carbocycles. The highest BCUT2D eigenvalue weighted by Crippen LogP contribution is 2.38. The van der Waals surface area contributed by atoms with Crippen molar-refractivity contribution < 1.29 is 10.2 Å². The average molecular weight is 229 g/mol. The van der Waals surface area contributed by atoms with Gasteiger partial charge in [0.1, 0.15) is 5.60 Å². The molecule has 0 spiro atoms. The van der Waals surface area contributed by atoms with Gasteiger partial charge in [-0.3, -0.25) is 0 Å². The zero-order valence-electron chi connectivity index (χ0n) is 9.07. The van der Waals surface area contributed by atoms with Crippen molar-refractivity contribution in [3.05, 3.63) is 35.9 Å². The molecule has 0 aromatic heterocycles. The van der Waals surface area contributed by atoms with E-state index in [-0.39, 0.29) is 0 Å². The highest BCUT2D eigenvalue weighted by molar-refractivity contribution is 6.23. The summed E-state index contributed by atoms with van der Waals surface area (Å²) >= 11 is 5.97. The van der Waals surface area contributed by atoms with Gasteiger partial charge in [-0.1, -0.05) is 55.3 Å². The minimum absolute atomic E-state index is 0.344. The maximum Gasteiger partial charge on any atom is 0.171 e.